The number of ether oxygens (including phenoxy) is 1. The average Bonchev–Trinajstić information content (AvgIpc) is 2.80. The van der Waals surface area contributed by atoms with Crippen molar-refractivity contribution in [2.24, 2.45) is 0 Å². The summed E-state index contributed by atoms with van der Waals surface area (Å²) in [6, 6.07) is 6.88. The Morgan fingerprint density at radius 2 is 2.19 bits per heavy atom. The van der Waals surface area contributed by atoms with Crippen LogP contribution in [0.1, 0.15) is 18.4 Å². The molecule has 0 aliphatic carbocycles. The van der Waals surface area contributed by atoms with Crippen LogP contribution < -0.4 is 5.32 Å². The van der Waals surface area contributed by atoms with E-state index < -0.39 is 0 Å². The topological polar surface area (TPSA) is 41.5 Å². The molecule has 3 nitrogen and oxygen atoms in total. The van der Waals surface area contributed by atoms with E-state index in [1.54, 1.807) is 24.3 Å². The maximum atomic E-state index is 9.16. The van der Waals surface area contributed by atoms with E-state index in [2.05, 4.69) is 5.32 Å². The Labute approximate surface area is 100 Å². The van der Waals surface area contributed by atoms with Crippen LogP contribution in [-0.4, -0.2) is 29.4 Å². The number of phenols is 1. The molecule has 1 aromatic rings. The number of nitrogens with one attached hydrogen (secondary N) is 1. The van der Waals surface area contributed by atoms with Gasteiger partial charge in [-0.2, -0.15) is 0 Å². The van der Waals surface area contributed by atoms with Crippen molar-refractivity contribution in [3.05, 3.63) is 29.8 Å². The number of aromatic hydroxyl groups is 1. The van der Waals surface area contributed by atoms with Gasteiger partial charge in [0.05, 0.1) is 6.10 Å². The molecule has 1 unspecified atom stereocenters. The van der Waals surface area contributed by atoms with Gasteiger partial charge < -0.3 is 15.2 Å². The van der Waals surface area contributed by atoms with Gasteiger partial charge in [0.25, 0.3) is 0 Å². The summed E-state index contributed by atoms with van der Waals surface area (Å²) in [5.74, 6) is 0.255. The largest absolute Gasteiger partial charge is 0.508 e. The van der Waals surface area contributed by atoms with Crippen molar-refractivity contribution in [3.63, 3.8) is 0 Å². The van der Waals surface area contributed by atoms with E-state index in [0.717, 1.165) is 31.6 Å². The average molecular weight is 237 g/mol. The zero-order valence-electron chi connectivity index (χ0n) is 8.98. The maximum Gasteiger partial charge on any atom is 0.115 e. The molecule has 2 rings (SSSR count). The third-order valence-corrected chi connectivity index (χ3v) is 3.02. The molecule has 0 saturated carbocycles. The highest BCUT2D eigenvalue weighted by atomic mass is 32.1. The number of hydrogen-bond donors (Lipinski definition) is 2. The lowest BCUT2D eigenvalue weighted by molar-refractivity contribution is 0.114. The lowest BCUT2D eigenvalue weighted by Gasteiger charge is -2.12. The minimum Gasteiger partial charge on any atom is -0.508 e. The fraction of sp³-hybridized carbons (Fsp3) is 0.417. The third kappa shape index (κ3) is 2.93. The van der Waals surface area contributed by atoms with Crippen LogP contribution in [0.3, 0.4) is 0 Å². The van der Waals surface area contributed by atoms with Gasteiger partial charge >= 0.3 is 0 Å². The van der Waals surface area contributed by atoms with E-state index in [1.165, 1.54) is 0 Å². The van der Waals surface area contributed by atoms with Crippen LogP contribution in [0.5, 0.6) is 5.75 Å². The first-order valence-electron chi connectivity index (χ1n) is 5.44. The fourth-order valence-corrected chi connectivity index (χ4v) is 1.95. The van der Waals surface area contributed by atoms with E-state index in [-0.39, 0.29) is 11.9 Å². The van der Waals surface area contributed by atoms with Crippen molar-refractivity contribution in [3.8, 4) is 5.75 Å². The number of benzene rings is 1. The molecule has 0 bridgehead atoms. The van der Waals surface area contributed by atoms with Crippen molar-refractivity contribution in [2.45, 2.75) is 18.9 Å². The Morgan fingerprint density at radius 1 is 1.44 bits per heavy atom. The van der Waals surface area contributed by atoms with E-state index in [9.17, 15) is 0 Å². The van der Waals surface area contributed by atoms with Crippen molar-refractivity contribution >= 4 is 17.2 Å². The smallest absolute Gasteiger partial charge is 0.115 e. The van der Waals surface area contributed by atoms with Gasteiger partial charge in [0.2, 0.25) is 0 Å². The first-order valence-corrected chi connectivity index (χ1v) is 5.85. The predicted molar refractivity (Wildman–Crippen MR) is 66.8 cm³/mol. The standard InChI is InChI=1S/C12H15NO2S/c14-10-5-3-9(4-6-10)12(16)13-8-11-2-1-7-15-11/h3-6,11,14H,1-2,7-8H2,(H,13,16). The second-order valence-electron chi connectivity index (χ2n) is 3.89. The van der Waals surface area contributed by atoms with Crippen molar-refractivity contribution in [1.82, 2.24) is 5.32 Å². The summed E-state index contributed by atoms with van der Waals surface area (Å²) in [6.07, 6.45) is 2.53. The molecule has 16 heavy (non-hydrogen) atoms. The van der Waals surface area contributed by atoms with Crippen molar-refractivity contribution in [2.75, 3.05) is 13.2 Å². The zero-order valence-corrected chi connectivity index (χ0v) is 9.80. The van der Waals surface area contributed by atoms with Crippen LogP contribution in [0.4, 0.5) is 0 Å². The van der Waals surface area contributed by atoms with Gasteiger partial charge in [-0.25, -0.2) is 0 Å². The Morgan fingerprint density at radius 3 is 2.81 bits per heavy atom. The summed E-state index contributed by atoms with van der Waals surface area (Å²) in [5.41, 5.74) is 0.922. The maximum absolute atomic E-state index is 9.16. The van der Waals surface area contributed by atoms with Gasteiger partial charge in [-0.3, -0.25) is 0 Å². The summed E-state index contributed by atoms with van der Waals surface area (Å²) < 4.78 is 5.50. The summed E-state index contributed by atoms with van der Waals surface area (Å²) in [4.78, 5) is 0.704. The number of hydrogen-bond acceptors (Lipinski definition) is 3. The molecule has 86 valence electrons. The lowest BCUT2D eigenvalue weighted by atomic mass is 10.2. The Bertz CT molecular complexity index is 358. The summed E-state index contributed by atoms with van der Waals surface area (Å²) in [6.45, 7) is 1.62. The minimum atomic E-state index is 0.255. The van der Waals surface area contributed by atoms with Crippen molar-refractivity contribution in [1.29, 1.82) is 0 Å². The van der Waals surface area contributed by atoms with Gasteiger partial charge in [-0.1, -0.05) is 12.2 Å². The first-order chi connectivity index (χ1) is 7.75. The summed E-state index contributed by atoms with van der Waals surface area (Å²) >= 11 is 5.25. The first kappa shape index (κ1) is 11.4. The molecule has 4 heteroatoms. The molecule has 1 aliphatic heterocycles. The molecular formula is C12H15NO2S. The molecule has 1 fully saturated rings. The lowest BCUT2D eigenvalue weighted by Crippen LogP contribution is -2.31. The monoisotopic (exact) mass is 237 g/mol. The van der Waals surface area contributed by atoms with Crippen LogP contribution in [0.2, 0.25) is 0 Å². The molecule has 2 N–H and O–H groups in total. The van der Waals surface area contributed by atoms with Crippen LogP contribution in [0, 0.1) is 0 Å². The van der Waals surface area contributed by atoms with Crippen LogP contribution >= 0.6 is 12.2 Å². The van der Waals surface area contributed by atoms with Crippen LogP contribution in [-0.2, 0) is 4.74 Å². The zero-order chi connectivity index (χ0) is 11.4. The normalized spacial score (nSPS) is 19.6. The number of thiocarbonyl (C=S) groups is 1. The van der Waals surface area contributed by atoms with Crippen LogP contribution in [0.25, 0.3) is 0 Å². The molecule has 1 aliphatic rings. The second kappa shape index (κ2) is 5.27. The highest BCUT2D eigenvalue weighted by Gasteiger charge is 2.15. The van der Waals surface area contributed by atoms with E-state index in [4.69, 9.17) is 22.1 Å². The Hall–Kier alpha value is -1.13. The molecule has 0 spiro atoms. The predicted octanol–water partition coefficient (Wildman–Crippen LogP) is 1.84. The van der Waals surface area contributed by atoms with Gasteiger partial charge in [-0.05, 0) is 37.1 Å². The molecule has 1 aromatic carbocycles. The second-order valence-corrected chi connectivity index (χ2v) is 4.30. The molecule has 0 amide bonds. The van der Waals surface area contributed by atoms with Gasteiger partial charge in [0, 0.05) is 18.7 Å². The highest BCUT2D eigenvalue weighted by Crippen LogP contribution is 2.12. The van der Waals surface area contributed by atoms with Gasteiger partial charge in [-0.15, -0.1) is 0 Å². The fourth-order valence-electron chi connectivity index (χ4n) is 1.73. The summed E-state index contributed by atoms with van der Waals surface area (Å²) in [5, 5.41) is 12.3. The van der Waals surface area contributed by atoms with Gasteiger partial charge in [0.15, 0.2) is 0 Å². The molecule has 1 heterocycles. The number of phenolic OH excluding ortho intramolecular Hbond substituents is 1. The minimum absolute atomic E-state index is 0.255. The molecule has 0 radical (unpaired) electrons. The van der Waals surface area contributed by atoms with E-state index in [1.807, 2.05) is 0 Å². The van der Waals surface area contributed by atoms with Gasteiger partial charge in [0.1, 0.15) is 10.7 Å². The molecule has 1 saturated heterocycles. The van der Waals surface area contributed by atoms with E-state index in [0.29, 0.717) is 4.99 Å². The third-order valence-electron chi connectivity index (χ3n) is 2.64. The quantitative estimate of drug-likeness (QED) is 0.787. The SMILES string of the molecule is Oc1ccc(C(=S)NCC2CCCO2)cc1. The molecule has 0 aromatic heterocycles. The van der Waals surface area contributed by atoms with Crippen molar-refractivity contribution < 1.29 is 9.84 Å². The molecule has 1 atom stereocenters. The van der Waals surface area contributed by atoms with Crippen LogP contribution in [0.15, 0.2) is 24.3 Å². The highest BCUT2D eigenvalue weighted by molar-refractivity contribution is 7.80. The van der Waals surface area contributed by atoms with E-state index >= 15 is 0 Å². The molecular weight excluding hydrogens is 222 g/mol. The number of rotatable bonds is 3. The Balaban J connectivity index is 1.85. The summed E-state index contributed by atoms with van der Waals surface area (Å²) in [7, 11) is 0. The Kier molecular flexibility index (Phi) is 3.74.